The number of ether oxygens (including phenoxy) is 1. The zero-order chi connectivity index (χ0) is 11.7. The Hall–Kier alpha value is -0.620. The molecule has 0 aromatic heterocycles. The largest absolute Gasteiger partial charge is 0.465 e. The third-order valence-electron chi connectivity index (χ3n) is 1.63. The van der Waals surface area contributed by atoms with Gasteiger partial charge in [-0.15, -0.1) is 0 Å². The molecule has 1 aliphatic heterocycles. The zero-order valence-corrected chi connectivity index (χ0v) is 10.6. The van der Waals surface area contributed by atoms with E-state index in [0.717, 1.165) is 0 Å². The molecule has 0 saturated carbocycles. The monoisotopic (exact) mass is 249 g/mol. The average molecular weight is 249 g/mol. The van der Waals surface area contributed by atoms with Gasteiger partial charge in [-0.25, -0.2) is 8.42 Å². The van der Waals surface area contributed by atoms with E-state index in [1.165, 1.54) is 5.41 Å². The van der Waals surface area contributed by atoms with E-state index in [9.17, 15) is 8.42 Å². The maximum absolute atomic E-state index is 11.1. The molecular formula is C9H15NO3S2. The molecule has 0 aromatic carbocycles. The lowest BCUT2D eigenvalue weighted by molar-refractivity contribution is 0.114. The summed E-state index contributed by atoms with van der Waals surface area (Å²) in [4.78, 5) is 0. The van der Waals surface area contributed by atoms with Gasteiger partial charge in [0.25, 0.3) is 5.17 Å². The van der Waals surface area contributed by atoms with Crippen LogP contribution in [0, 0.1) is 0 Å². The molecule has 6 heteroatoms. The molecule has 0 amide bonds. The molecule has 0 fully saturated rings. The highest BCUT2D eigenvalue weighted by Gasteiger charge is 2.23. The Morgan fingerprint density at radius 3 is 2.53 bits per heavy atom. The molecule has 4 nitrogen and oxygen atoms in total. The van der Waals surface area contributed by atoms with Crippen LogP contribution in [0.1, 0.15) is 20.8 Å². The summed E-state index contributed by atoms with van der Waals surface area (Å²) < 4.78 is 27.6. The predicted octanol–water partition coefficient (Wildman–Crippen LogP) is 0.987. The maximum Gasteiger partial charge on any atom is 0.257 e. The molecule has 15 heavy (non-hydrogen) atoms. The van der Waals surface area contributed by atoms with Crippen molar-refractivity contribution in [2.75, 3.05) is 5.75 Å². The van der Waals surface area contributed by atoms with Crippen molar-refractivity contribution >= 4 is 27.2 Å². The first-order valence-electron chi connectivity index (χ1n) is 4.58. The van der Waals surface area contributed by atoms with Crippen LogP contribution in [-0.4, -0.2) is 31.0 Å². The number of rotatable bonds is 1. The molecule has 0 unspecified atom stereocenters. The summed E-state index contributed by atoms with van der Waals surface area (Å²) >= 11 is 4.95. The Bertz CT molecular complexity index is 379. The Kier molecular flexibility index (Phi) is 3.40. The van der Waals surface area contributed by atoms with Crippen molar-refractivity contribution in [1.82, 2.24) is 5.32 Å². The third-order valence-corrected chi connectivity index (χ3v) is 3.23. The lowest BCUT2D eigenvalue weighted by atomic mass is 10.2. The van der Waals surface area contributed by atoms with E-state index >= 15 is 0 Å². The van der Waals surface area contributed by atoms with Crippen LogP contribution < -0.4 is 5.32 Å². The van der Waals surface area contributed by atoms with Crippen LogP contribution in [-0.2, 0) is 14.6 Å². The van der Waals surface area contributed by atoms with Gasteiger partial charge in [-0.3, -0.25) is 0 Å². The molecule has 0 saturated heterocycles. The van der Waals surface area contributed by atoms with Gasteiger partial charge >= 0.3 is 0 Å². The maximum atomic E-state index is 11.1. The number of nitrogens with one attached hydrogen (secondary N) is 1. The van der Waals surface area contributed by atoms with Gasteiger partial charge in [-0.05, 0) is 39.1 Å². The fraction of sp³-hybridized carbons (Fsp3) is 0.667. The summed E-state index contributed by atoms with van der Waals surface area (Å²) in [6.07, 6.45) is 1.58. The highest BCUT2D eigenvalue weighted by molar-refractivity contribution is 7.94. The van der Waals surface area contributed by atoms with Crippen LogP contribution in [0.3, 0.4) is 0 Å². The second-order valence-corrected chi connectivity index (χ2v) is 6.71. The van der Waals surface area contributed by atoms with Gasteiger partial charge in [0.05, 0.1) is 11.8 Å². The van der Waals surface area contributed by atoms with Crippen molar-refractivity contribution in [3.63, 3.8) is 0 Å². The Morgan fingerprint density at radius 1 is 1.53 bits per heavy atom. The van der Waals surface area contributed by atoms with Crippen LogP contribution in [0.15, 0.2) is 11.5 Å². The highest BCUT2D eigenvalue weighted by atomic mass is 32.2. The van der Waals surface area contributed by atoms with Crippen molar-refractivity contribution < 1.29 is 13.2 Å². The molecule has 0 aromatic rings. The third kappa shape index (κ3) is 4.61. The minimum absolute atomic E-state index is 0.0423. The topological polar surface area (TPSA) is 55.4 Å². The molecule has 1 heterocycles. The zero-order valence-electron chi connectivity index (χ0n) is 8.98. The fourth-order valence-electron chi connectivity index (χ4n) is 1.12. The standard InChI is InChI=1S/C9H15NO3S2/c1-9(2,3)13-8(14)10-7-4-5-15(11,12)6-7/h4-5,7H,6H2,1-3H3,(H,10,14)/t7-/m0/s1. The lowest BCUT2D eigenvalue weighted by Gasteiger charge is -2.23. The molecule has 1 aliphatic rings. The molecule has 86 valence electrons. The summed E-state index contributed by atoms with van der Waals surface area (Å²) in [6.45, 7) is 5.63. The first-order valence-corrected chi connectivity index (χ1v) is 6.71. The lowest BCUT2D eigenvalue weighted by Crippen LogP contribution is -2.39. The van der Waals surface area contributed by atoms with Crippen LogP contribution in [0.5, 0.6) is 0 Å². The molecule has 0 spiro atoms. The summed E-state index contributed by atoms with van der Waals surface area (Å²) in [5.74, 6) is 0.0423. The molecule has 0 aliphatic carbocycles. The van der Waals surface area contributed by atoms with E-state index in [1.807, 2.05) is 20.8 Å². The van der Waals surface area contributed by atoms with Crippen LogP contribution >= 0.6 is 12.2 Å². The molecule has 0 radical (unpaired) electrons. The summed E-state index contributed by atoms with van der Waals surface area (Å²) in [7, 11) is -3.04. The van der Waals surface area contributed by atoms with Crippen molar-refractivity contribution in [2.24, 2.45) is 0 Å². The Labute approximate surface area is 95.6 Å². The van der Waals surface area contributed by atoms with E-state index in [0.29, 0.717) is 0 Å². The molecule has 1 rings (SSSR count). The second kappa shape index (κ2) is 4.09. The van der Waals surface area contributed by atoms with E-state index in [-0.39, 0.29) is 22.6 Å². The SMILES string of the molecule is CC(C)(C)OC(=S)N[C@H]1C=CS(=O)(=O)C1. The summed E-state index contributed by atoms with van der Waals surface area (Å²) in [6, 6.07) is -0.273. The van der Waals surface area contributed by atoms with Gasteiger partial charge < -0.3 is 10.1 Å². The number of sulfone groups is 1. The van der Waals surface area contributed by atoms with Crippen molar-refractivity contribution in [1.29, 1.82) is 0 Å². The van der Waals surface area contributed by atoms with E-state index in [1.54, 1.807) is 6.08 Å². The first kappa shape index (κ1) is 12.4. The number of thiocarbonyl (C=S) groups is 1. The predicted molar refractivity (Wildman–Crippen MR) is 63.3 cm³/mol. The summed E-state index contributed by atoms with van der Waals surface area (Å²) in [5, 5.41) is 4.26. The van der Waals surface area contributed by atoms with Crippen LogP contribution in [0.4, 0.5) is 0 Å². The fourth-order valence-corrected chi connectivity index (χ4v) is 2.76. The van der Waals surface area contributed by atoms with Gasteiger partial charge in [0.2, 0.25) is 0 Å². The van der Waals surface area contributed by atoms with Gasteiger partial charge in [-0.1, -0.05) is 0 Å². The number of hydrogen-bond acceptors (Lipinski definition) is 4. The Morgan fingerprint density at radius 2 is 2.13 bits per heavy atom. The smallest absolute Gasteiger partial charge is 0.257 e. The quantitative estimate of drug-likeness (QED) is 0.702. The van der Waals surface area contributed by atoms with Crippen molar-refractivity contribution in [3.05, 3.63) is 11.5 Å². The molecule has 1 atom stereocenters. The van der Waals surface area contributed by atoms with Gasteiger partial charge in [0, 0.05) is 5.41 Å². The number of hydrogen-bond donors (Lipinski definition) is 1. The minimum Gasteiger partial charge on any atom is -0.465 e. The van der Waals surface area contributed by atoms with Crippen LogP contribution in [0.25, 0.3) is 0 Å². The van der Waals surface area contributed by atoms with Gasteiger partial charge in [0.15, 0.2) is 9.84 Å². The van der Waals surface area contributed by atoms with Gasteiger partial charge in [0.1, 0.15) is 5.60 Å². The van der Waals surface area contributed by atoms with Crippen molar-refractivity contribution in [3.8, 4) is 0 Å². The molecule has 1 N–H and O–H groups in total. The van der Waals surface area contributed by atoms with Crippen LogP contribution in [0.2, 0.25) is 0 Å². The normalized spacial score (nSPS) is 23.8. The highest BCUT2D eigenvalue weighted by Crippen LogP contribution is 2.10. The van der Waals surface area contributed by atoms with E-state index in [4.69, 9.17) is 17.0 Å². The average Bonchev–Trinajstić information content (AvgIpc) is 2.25. The first-order chi connectivity index (χ1) is 6.68. The van der Waals surface area contributed by atoms with Gasteiger partial charge in [-0.2, -0.15) is 0 Å². The Balaban J connectivity index is 2.45. The minimum atomic E-state index is -3.04. The molecule has 0 bridgehead atoms. The molecular weight excluding hydrogens is 234 g/mol. The van der Waals surface area contributed by atoms with E-state index in [2.05, 4.69) is 5.32 Å². The van der Waals surface area contributed by atoms with Crippen molar-refractivity contribution in [2.45, 2.75) is 32.4 Å². The summed E-state index contributed by atoms with van der Waals surface area (Å²) in [5.41, 5.74) is -0.370. The van der Waals surface area contributed by atoms with E-state index < -0.39 is 9.84 Å². The second-order valence-electron chi connectivity index (χ2n) is 4.41.